The topological polar surface area (TPSA) is 60.3 Å². The van der Waals surface area contributed by atoms with E-state index in [9.17, 15) is 4.79 Å². The smallest absolute Gasteiger partial charge is 0.227 e. The van der Waals surface area contributed by atoms with Crippen molar-refractivity contribution in [3.05, 3.63) is 23.8 Å². The Labute approximate surface area is 137 Å². The molecule has 0 spiro atoms. The summed E-state index contributed by atoms with van der Waals surface area (Å²) in [4.78, 5) is 14.9. The summed E-state index contributed by atoms with van der Waals surface area (Å²) in [5.74, 6) is 1.44. The zero-order valence-electron chi connectivity index (χ0n) is 14.6. The minimum absolute atomic E-state index is 0.0485. The molecule has 3 atom stereocenters. The van der Waals surface area contributed by atoms with Gasteiger partial charge in [-0.1, -0.05) is 25.5 Å². The van der Waals surface area contributed by atoms with Gasteiger partial charge in [0.25, 0.3) is 0 Å². The van der Waals surface area contributed by atoms with Gasteiger partial charge in [-0.25, -0.2) is 0 Å². The van der Waals surface area contributed by atoms with Gasteiger partial charge >= 0.3 is 0 Å². The van der Waals surface area contributed by atoms with E-state index in [1.807, 2.05) is 16.5 Å². The first-order valence-corrected chi connectivity index (χ1v) is 8.21. The molecule has 1 aromatic heterocycles. The highest BCUT2D eigenvalue weighted by atomic mass is 16.5. The molecule has 1 amide bonds. The second kappa shape index (κ2) is 5.74. The number of nitrogens with zero attached hydrogens (tertiary/aromatic N) is 4. The van der Waals surface area contributed by atoms with Crippen LogP contribution in [0, 0.1) is 17.3 Å². The Kier molecular flexibility index (Phi) is 4.04. The van der Waals surface area contributed by atoms with Crippen LogP contribution in [0.2, 0.25) is 0 Å². The van der Waals surface area contributed by atoms with E-state index in [0.717, 1.165) is 5.82 Å². The maximum Gasteiger partial charge on any atom is 0.227 e. The fourth-order valence-corrected chi connectivity index (χ4v) is 3.61. The predicted molar refractivity (Wildman–Crippen MR) is 86.5 cm³/mol. The molecule has 6 heteroatoms. The molecule has 0 unspecified atom stereocenters. The number of carbonyl (C=O) groups is 1. The Morgan fingerprint density at radius 3 is 2.78 bits per heavy atom. The molecule has 1 aliphatic heterocycles. The van der Waals surface area contributed by atoms with Crippen LogP contribution in [0.25, 0.3) is 0 Å². The summed E-state index contributed by atoms with van der Waals surface area (Å²) in [6, 6.07) is 0. The van der Waals surface area contributed by atoms with E-state index in [4.69, 9.17) is 4.74 Å². The highest BCUT2D eigenvalue weighted by Gasteiger charge is 2.61. The molecular weight excluding hydrogens is 292 g/mol. The normalized spacial score (nSPS) is 29.3. The van der Waals surface area contributed by atoms with Gasteiger partial charge in [0.1, 0.15) is 12.4 Å². The van der Waals surface area contributed by atoms with Crippen LogP contribution in [0.4, 0.5) is 0 Å². The van der Waals surface area contributed by atoms with E-state index in [0.29, 0.717) is 25.6 Å². The van der Waals surface area contributed by atoms with Crippen molar-refractivity contribution in [2.45, 2.75) is 33.8 Å². The lowest BCUT2D eigenvalue weighted by molar-refractivity contribution is -0.141. The van der Waals surface area contributed by atoms with Crippen LogP contribution >= 0.6 is 0 Å². The number of hydrogen-bond donors (Lipinski definition) is 0. The molecule has 0 aromatic carbocycles. The number of aromatic nitrogens is 3. The van der Waals surface area contributed by atoms with Crippen LogP contribution in [-0.4, -0.2) is 45.3 Å². The summed E-state index contributed by atoms with van der Waals surface area (Å²) < 4.78 is 7.65. The SMILES string of the molecule is CC(C)=C[C@@H]1[C@H](C(=O)N2CCO[C@H](c3nncn3C)C2)C1(C)C. The van der Waals surface area contributed by atoms with Crippen molar-refractivity contribution < 1.29 is 9.53 Å². The standard InChI is InChI=1S/C17H26N4O2/c1-11(2)8-12-14(17(12,3)4)16(22)21-6-7-23-13(9-21)15-19-18-10-20(15)5/h8,10,12-14H,6-7,9H2,1-5H3/t12-,13+,14-/m1/s1. The van der Waals surface area contributed by atoms with E-state index >= 15 is 0 Å². The maximum atomic E-state index is 13.0. The molecular formula is C17H26N4O2. The van der Waals surface area contributed by atoms with Gasteiger partial charge in [-0.15, -0.1) is 10.2 Å². The summed E-state index contributed by atoms with van der Waals surface area (Å²) in [6.45, 7) is 10.3. The molecule has 1 aromatic rings. The first kappa shape index (κ1) is 16.2. The summed E-state index contributed by atoms with van der Waals surface area (Å²) in [6.07, 6.45) is 3.71. The van der Waals surface area contributed by atoms with Crippen LogP contribution < -0.4 is 0 Å². The lowest BCUT2D eigenvalue weighted by atomic mass is 10.1. The van der Waals surface area contributed by atoms with Crippen LogP contribution in [0.1, 0.15) is 39.6 Å². The fraction of sp³-hybridized carbons (Fsp3) is 0.706. The molecule has 0 N–H and O–H groups in total. The molecule has 2 heterocycles. The highest BCUT2D eigenvalue weighted by Crippen LogP contribution is 2.60. The largest absolute Gasteiger partial charge is 0.366 e. The average molecular weight is 318 g/mol. The molecule has 3 rings (SSSR count). The summed E-state index contributed by atoms with van der Waals surface area (Å²) in [5, 5.41) is 8.02. The van der Waals surface area contributed by atoms with Gasteiger partial charge in [0.2, 0.25) is 5.91 Å². The predicted octanol–water partition coefficient (Wildman–Crippen LogP) is 1.95. The van der Waals surface area contributed by atoms with Crippen LogP contribution in [0.15, 0.2) is 18.0 Å². The van der Waals surface area contributed by atoms with Crippen molar-refractivity contribution in [2.24, 2.45) is 24.3 Å². The van der Waals surface area contributed by atoms with E-state index in [2.05, 4.69) is 44.0 Å². The van der Waals surface area contributed by atoms with Gasteiger partial charge in [0.15, 0.2) is 5.82 Å². The maximum absolute atomic E-state index is 13.0. The average Bonchev–Trinajstić information content (AvgIpc) is 2.83. The lowest BCUT2D eigenvalue weighted by Crippen LogP contribution is -2.44. The number of allylic oxidation sites excluding steroid dienone is 2. The Balaban J connectivity index is 1.71. The van der Waals surface area contributed by atoms with Crippen molar-refractivity contribution in [2.75, 3.05) is 19.7 Å². The number of hydrogen-bond acceptors (Lipinski definition) is 4. The van der Waals surface area contributed by atoms with E-state index < -0.39 is 0 Å². The van der Waals surface area contributed by atoms with E-state index in [-0.39, 0.29) is 23.3 Å². The number of ether oxygens (including phenoxy) is 1. The first-order chi connectivity index (χ1) is 10.8. The number of carbonyl (C=O) groups excluding carboxylic acids is 1. The molecule has 2 fully saturated rings. The quantitative estimate of drug-likeness (QED) is 0.799. The van der Waals surface area contributed by atoms with Gasteiger partial charge in [-0.3, -0.25) is 4.79 Å². The molecule has 1 saturated carbocycles. The number of aryl methyl sites for hydroxylation is 1. The minimum atomic E-state index is -0.191. The van der Waals surface area contributed by atoms with Crippen LogP contribution in [0.3, 0.4) is 0 Å². The Morgan fingerprint density at radius 1 is 1.43 bits per heavy atom. The second-order valence-electron chi connectivity index (χ2n) is 7.51. The van der Waals surface area contributed by atoms with Crippen molar-refractivity contribution >= 4 is 5.91 Å². The molecule has 0 radical (unpaired) electrons. The molecule has 1 aliphatic carbocycles. The van der Waals surface area contributed by atoms with Crippen molar-refractivity contribution in [3.8, 4) is 0 Å². The van der Waals surface area contributed by atoms with Gasteiger partial charge in [0, 0.05) is 13.6 Å². The third-order valence-corrected chi connectivity index (χ3v) is 5.10. The molecule has 0 bridgehead atoms. The molecule has 1 saturated heterocycles. The number of rotatable bonds is 3. The Bertz CT molecular complexity index is 630. The summed E-state index contributed by atoms with van der Waals surface area (Å²) in [5.41, 5.74) is 1.32. The third-order valence-electron chi connectivity index (χ3n) is 5.10. The molecule has 2 aliphatic rings. The van der Waals surface area contributed by atoms with Crippen LogP contribution in [-0.2, 0) is 16.6 Å². The van der Waals surface area contributed by atoms with Crippen molar-refractivity contribution in [3.63, 3.8) is 0 Å². The summed E-state index contributed by atoms with van der Waals surface area (Å²) >= 11 is 0. The first-order valence-electron chi connectivity index (χ1n) is 8.21. The van der Waals surface area contributed by atoms with Gasteiger partial charge in [-0.2, -0.15) is 0 Å². The molecule has 23 heavy (non-hydrogen) atoms. The Morgan fingerprint density at radius 2 is 2.17 bits per heavy atom. The Hall–Kier alpha value is -1.69. The molecule has 126 valence electrons. The molecule has 6 nitrogen and oxygen atoms in total. The monoisotopic (exact) mass is 318 g/mol. The fourth-order valence-electron chi connectivity index (χ4n) is 3.61. The lowest BCUT2D eigenvalue weighted by Gasteiger charge is -2.32. The summed E-state index contributed by atoms with van der Waals surface area (Å²) in [7, 11) is 1.90. The number of amides is 1. The van der Waals surface area contributed by atoms with Crippen molar-refractivity contribution in [1.82, 2.24) is 19.7 Å². The van der Waals surface area contributed by atoms with Gasteiger partial charge in [0.05, 0.1) is 19.1 Å². The van der Waals surface area contributed by atoms with E-state index in [1.54, 1.807) is 6.33 Å². The van der Waals surface area contributed by atoms with Crippen molar-refractivity contribution in [1.29, 1.82) is 0 Å². The third kappa shape index (κ3) is 2.92. The zero-order valence-corrected chi connectivity index (χ0v) is 14.6. The highest BCUT2D eigenvalue weighted by molar-refractivity contribution is 5.84. The van der Waals surface area contributed by atoms with E-state index in [1.165, 1.54) is 5.57 Å². The van der Waals surface area contributed by atoms with Gasteiger partial charge in [-0.05, 0) is 25.2 Å². The minimum Gasteiger partial charge on any atom is -0.366 e. The number of morpholine rings is 1. The second-order valence-corrected chi connectivity index (χ2v) is 7.51. The van der Waals surface area contributed by atoms with Gasteiger partial charge < -0.3 is 14.2 Å². The van der Waals surface area contributed by atoms with Crippen LogP contribution in [0.5, 0.6) is 0 Å². The zero-order chi connectivity index (χ0) is 16.8.